The van der Waals surface area contributed by atoms with Crippen molar-refractivity contribution >= 4 is 26.6 Å². The molecule has 8 heteroatoms. The summed E-state index contributed by atoms with van der Waals surface area (Å²) in [6.07, 6.45) is 5.28. The van der Waals surface area contributed by atoms with Crippen molar-refractivity contribution in [1.29, 1.82) is 0 Å². The van der Waals surface area contributed by atoms with Crippen molar-refractivity contribution in [2.24, 2.45) is 0 Å². The second-order valence-electron chi connectivity index (χ2n) is 7.53. The molecular formula is C22H26N4O3S. The predicted molar refractivity (Wildman–Crippen MR) is 118 cm³/mol. The third-order valence-electron chi connectivity index (χ3n) is 5.44. The Balaban J connectivity index is 1.33. The van der Waals surface area contributed by atoms with E-state index in [-0.39, 0.29) is 5.56 Å². The van der Waals surface area contributed by atoms with Crippen LogP contribution in [0.5, 0.6) is 0 Å². The summed E-state index contributed by atoms with van der Waals surface area (Å²) in [7, 11) is -3.40. The van der Waals surface area contributed by atoms with Crippen LogP contribution in [0, 0.1) is 0 Å². The fraction of sp³-hybridized carbons (Fsp3) is 0.364. The van der Waals surface area contributed by atoms with Gasteiger partial charge in [-0.25, -0.2) is 13.4 Å². The number of sulfonamides is 1. The molecule has 7 nitrogen and oxygen atoms in total. The van der Waals surface area contributed by atoms with E-state index < -0.39 is 10.0 Å². The van der Waals surface area contributed by atoms with Crippen LogP contribution in [0.3, 0.4) is 0 Å². The standard InChI is InChI=1S/C22H26N4O3S/c27-22-20-7-2-3-8-21(20)24-17-25(22)14-6-13-23-18-9-11-19(12-10-18)30(28,29)26-15-4-1-5-16-26/h2-3,7-12,17,23H,1,4-6,13-16H2. The number of para-hydroxylation sites is 1. The van der Waals surface area contributed by atoms with E-state index in [1.54, 1.807) is 45.5 Å². The number of fused-ring (bicyclic) bond motifs is 1. The summed E-state index contributed by atoms with van der Waals surface area (Å²) < 4.78 is 28.6. The van der Waals surface area contributed by atoms with Gasteiger partial charge in [0, 0.05) is 31.9 Å². The highest BCUT2D eigenvalue weighted by molar-refractivity contribution is 7.89. The molecule has 0 saturated carbocycles. The molecule has 2 aromatic carbocycles. The average molecular weight is 427 g/mol. The molecule has 30 heavy (non-hydrogen) atoms. The number of anilines is 1. The van der Waals surface area contributed by atoms with Crippen LogP contribution in [0.4, 0.5) is 5.69 Å². The number of piperidine rings is 1. The fourth-order valence-corrected chi connectivity index (χ4v) is 5.26. The van der Waals surface area contributed by atoms with Gasteiger partial charge in [0.25, 0.3) is 5.56 Å². The van der Waals surface area contributed by atoms with Gasteiger partial charge < -0.3 is 5.32 Å². The Kier molecular flexibility index (Phi) is 6.15. The largest absolute Gasteiger partial charge is 0.385 e. The van der Waals surface area contributed by atoms with Gasteiger partial charge in [-0.3, -0.25) is 9.36 Å². The molecule has 0 radical (unpaired) electrons. The lowest BCUT2D eigenvalue weighted by atomic mass is 10.2. The normalized spacial score (nSPS) is 15.3. The van der Waals surface area contributed by atoms with E-state index in [0.29, 0.717) is 42.0 Å². The number of rotatable bonds is 7. The van der Waals surface area contributed by atoms with Crippen LogP contribution in [0.2, 0.25) is 0 Å². The number of hydrogen-bond donors (Lipinski definition) is 1. The molecule has 2 heterocycles. The van der Waals surface area contributed by atoms with Crippen LogP contribution < -0.4 is 10.9 Å². The zero-order valence-electron chi connectivity index (χ0n) is 16.8. The van der Waals surface area contributed by atoms with E-state index in [2.05, 4.69) is 10.3 Å². The third-order valence-corrected chi connectivity index (χ3v) is 7.36. The van der Waals surface area contributed by atoms with Gasteiger partial charge in [0.15, 0.2) is 0 Å². The van der Waals surface area contributed by atoms with Crippen molar-refractivity contribution in [1.82, 2.24) is 13.9 Å². The number of aryl methyl sites for hydroxylation is 1. The lowest BCUT2D eigenvalue weighted by Gasteiger charge is -2.25. The quantitative estimate of drug-likeness (QED) is 0.587. The summed E-state index contributed by atoms with van der Waals surface area (Å²) in [6.45, 7) is 2.43. The second-order valence-corrected chi connectivity index (χ2v) is 9.47. The van der Waals surface area contributed by atoms with Crippen LogP contribution in [0.25, 0.3) is 10.9 Å². The van der Waals surface area contributed by atoms with Gasteiger partial charge in [-0.05, 0) is 55.7 Å². The van der Waals surface area contributed by atoms with Crippen molar-refractivity contribution in [3.63, 3.8) is 0 Å². The van der Waals surface area contributed by atoms with Gasteiger partial charge in [0.05, 0.1) is 22.1 Å². The molecule has 1 saturated heterocycles. The zero-order valence-corrected chi connectivity index (χ0v) is 17.6. The van der Waals surface area contributed by atoms with Crippen LogP contribution in [-0.2, 0) is 16.6 Å². The smallest absolute Gasteiger partial charge is 0.261 e. The first-order chi connectivity index (χ1) is 14.6. The SMILES string of the molecule is O=c1c2ccccc2ncn1CCCNc1ccc(S(=O)(=O)N2CCCCC2)cc1. The first kappa shape index (κ1) is 20.6. The molecule has 0 spiro atoms. The van der Waals surface area contributed by atoms with Gasteiger partial charge in [-0.1, -0.05) is 18.6 Å². The number of nitrogens with zero attached hydrogens (tertiary/aromatic N) is 3. The first-order valence-corrected chi connectivity index (χ1v) is 11.8. The first-order valence-electron chi connectivity index (χ1n) is 10.3. The van der Waals surface area contributed by atoms with E-state index in [1.165, 1.54) is 0 Å². The second kappa shape index (κ2) is 8.97. The summed E-state index contributed by atoms with van der Waals surface area (Å²) >= 11 is 0. The summed E-state index contributed by atoms with van der Waals surface area (Å²) in [4.78, 5) is 17.2. The van der Waals surface area contributed by atoms with Gasteiger partial charge in [0.1, 0.15) is 0 Å². The summed E-state index contributed by atoms with van der Waals surface area (Å²) in [5, 5.41) is 3.91. The zero-order chi connectivity index (χ0) is 21.0. The fourth-order valence-electron chi connectivity index (χ4n) is 3.75. The highest BCUT2D eigenvalue weighted by Crippen LogP contribution is 2.22. The van der Waals surface area contributed by atoms with Crippen molar-refractivity contribution in [3.05, 3.63) is 65.2 Å². The summed E-state index contributed by atoms with van der Waals surface area (Å²) in [5.41, 5.74) is 1.53. The Morgan fingerprint density at radius 3 is 2.47 bits per heavy atom. The molecule has 0 bridgehead atoms. The highest BCUT2D eigenvalue weighted by Gasteiger charge is 2.25. The molecule has 0 unspecified atom stereocenters. The lowest BCUT2D eigenvalue weighted by molar-refractivity contribution is 0.346. The number of nitrogens with one attached hydrogen (secondary N) is 1. The Morgan fingerprint density at radius 1 is 0.967 bits per heavy atom. The van der Waals surface area contributed by atoms with Gasteiger partial charge >= 0.3 is 0 Å². The van der Waals surface area contributed by atoms with Crippen LogP contribution in [0.1, 0.15) is 25.7 Å². The van der Waals surface area contributed by atoms with Crippen LogP contribution in [-0.4, -0.2) is 41.9 Å². The molecule has 1 aliphatic rings. The summed E-state index contributed by atoms with van der Waals surface area (Å²) in [6, 6.07) is 14.2. The number of hydrogen-bond acceptors (Lipinski definition) is 5. The molecule has 1 fully saturated rings. The Bertz CT molecular complexity index is 1170. The van der Waals surface area contributed by atoms with Gasteiger partial charge in [-0.2, -0.15) is 4.31 Å². The topological polar surface area (TPSA) is 84.3 Å². The maximum atomic E-state index is 12.7. The molecule has 0 atom stereocenters. The maximum Gasteiger partial charge on any atom is 0.261 e. The van der Waals surface area contributed by atoms with E-state index in [1.807, 2.05) is 18.2 Å². The van der Waals surface area contributed by atoms with Crippen LogP contribution in [0.15, 0.2) is 64.5 Å². The molecule has 3 aromatic rings. The monoisotopic (exact) mass is 426 g/mol. The maximum absolute atomic E-state index is 12.7. The minimum absolute atomic E-state index is 0.0344. The molecule has 4 rings (SSSR count). The van der Waals surface area contributed by atoms with Crippen molar-refractivity contribution < 1.29 is 8.42 Å². The third kappa shape index (κ3) is 4.39. The van der Waals surface area contributed by atoms with Crippen molar-refractivity contribution in [3.8, 4) is 0 Å². The Morgan fingerprint density at radius 2 is 1.70 bits per heavy atom. The molecule has 0 amide bonds. The molecule has 1 aliphatic heterocycles. The lowest BCUT2D eigenvalue weighted by Crippen LogP contribution is -2.35. The average Bonchev–Trinajstić information content (AvgIpc) is 2.79. The minimum Gasteiger partial charge on any atom is -0.385 e. The minimum atomic E-state index is -3.40. The van der Waals surface area contributed by atoms with E-state index in [0.717, 1.165) is 31.4 Å². The van der Waals surface area contributed by atoms with Crippen LogP contribution >= 0.6 is 0 Å². The highest BCUT2D eigenvalue weighted by atomic mass is 32.2. The Labute approximate surface area is 176 Å². The van der Waals surface area contributed by atoms with E-state index >= 15 is 0 Å². The Hall–Kier alpha value is -2.71. The molecule has 1 N–H and O–H groups in total. The van der Waals surface area contributed by atoms with Gasteiger partial charge in [-0.15, -0.1) is 0 Å². The molecule has 0 aliphatic carbocycles. The van der Waals surface area contributed by atoms with Crippen molar-refractivity contribution in [2.75, 3.05) is 25.0 Å². The van der Waals surface area contributed by atoms with Crippen molar-refractivity contribution in [2.45, 2.75) is 37.1 Å². The molecule has 1 aromatic heterocycles. The summed E-state index contributed by atoms with van der Waals surface area (Å²) in [5.74, 6) is 0. The van der Waals surface area contributed by atoms with Gasteiger partial charge in [0.2, 0.25) is 10.0 Å². The number of benzene rings is 2. The van der Waals surface area contributed by atoms with E-state index in [4.69, 9.17) is 0 Å². The molecular weight excluding hydrogens is 400 g/mol. The van der Waals surface area contributed by atoms with E-state index in [9.17, 15) is 13.2 Å². The number of aromatic nitrogens is 2. The molecule has 158 valence electrons. The predicted octanol–water partition coefficient (Wildman–Crippen LogP) is 3.07.